The van der Waals surface area contributed by atoms with E-state index < -0.39 is 0 Å². The highest BCUT2D eigenvalue weighted by atomic mass is 16.1. The van der Waals surface area contributed by atoms with E-state index in [1.54, 1.807) is 11.1 Å². The summed E-state index contributed by atoms with van der Waals surface area (Å²) in [6.45, 7) is 0. The minimum Gasteiger partial charge on any atom is -0.303 e. The molecule has 1 aliphatic rings. The van der Waals surface area contributed by atoms with Crippen LogP contribution >= 0.6 is 0 Å². The highest BCUT2D eigenvalue weighted by Crippen LogP contribution is 2.33. The SMILES string of the molecule is O=CCCc1ccccc1.c1ccc2c(c1)ccc1c3c(ccc12)CCCC3. The van der Waals surface area contributed by atoms with Gasteiger partial charge in [-0.2, -0.15) is 0 Å². The quantitative estimate of drug-likeness (QED) is 0.291. The fourth-order valence-electron chi connectivity index (χ4n) is 4.21. The van der Waals surface area contributed by atoms with Crippen molar-refractivity contribution in [1.29, 1.82) is 0 Å². The van der Waals surface area contributed by atoms with E-state index in [-0.39, 0.29) is 0 Å². The molecule has 0 bridgehead atoms. The Balaban J connectivity index is 0.000000165. The van der Waals surface area contributed by atoms with Crippen LogP contribution in [0.1, 0.15) is 36.0 Å². The van der Waals surface area contributed by atoms with E-state index in [1.807, 2.05) is 30.3 Å². The van der Waals surface area contributed by atoms with Crippen LogP contribution in [0.4, 0.5) is 0 Å². The lowest BCUT2D eigenvalue weighted by atomic mass is 9.86. The Morgan fingerprint density at radius 1 is 0.679 bits per heavy atom. The summed E-state index contributed by atoms with van der Waals surface area (Å²) in [6.07, 6.45) is 7.66. The van der Waals surface area contributed by atoms with Crippen molar-refractivity contribution in [2.45, 2.75) is 38.5 Å². The molecule has 0 N–H and O–H groups in total. The van der Waals surface area contributed by atoms with E-state index in [4.69, 9.17) is 0 Å². The second-order valence-corrected chi connectivity index (χ2v) is 7.48. The second kappa shape index (κ2) is 8.84. The van der Waals surface area contributed by atoms with E-state index in [9.17, 15) is 4.79 Å². The summed E-state index contributed by atoms with van der Waals surface area (Å²) in [5.74, 6) is 0. The molecular formula is C27H26O. The molecule has 4 aromatic carbocycles. The van der Waals surface area contributed by atoms with Crippen LogP contribution in [0.15, 0.2) is 78.9 Å². The Morgan fingerprint density at radius 2 is 1.43 bits per heavy atom. The summed E-state index contributed by atoms with van der Waals surface area (Å²) < 4.78 is 0. The van der Waals surface area contributed by atoms with Crippen molar-refractivity contribution in [3.05, 3.63) is 95.6 Å². The third-order valence-electron chi connectivity index (χ3n) is 5.65. The van der Waals surface area contributed by atoms with Crippen molar-refractivity contribution >= 4 is 27.8 Å². The Kier molecular flexibility index (Phi) is 5.82. The number of benzene rings is 4. The molecule has 0 atom stereocenters. The summed E-state index contributed by atoms with van der Waals surface area (Å²) in [4.78, 5) is 9.98. The number of aldehydes is 1. The topological polar surface area (TPSA) is 17.1 Å². The monoisotopic (exact) mass is 366 g/mol. The molecule has 1 nitrogen and oxygen atoms in total. The highest BCUT2D eigenvalue weighted by molar-refractivity contribution is 6.08. The van der Waals surface area contributed by atoms with Crippen LogP contribution in [0.25, 0.3) is 21.5 Å². The Bertz CT molecular complexity index is 1080. The molecule has 0 heterocycles. The zero-order valence-electron chi connectivity index (χ0n) is 16.2. The maximum absolute atomic E-state index is 9.98. The van der Waals surface area contributed by atoms with Crippen LogP contribution in [0.3, 0.4) is 0 Å². The summed E-state index contributed by atoms with van der Waals surface area (Å²) in [6, 6.07) is 28.0. The molecule has 1 aliphatic carbocycles. The molecule has 0 amide bonds. The van der Waals surface area contributed by atoms with Crippen molar-refractivity contribution in [1.82, 2.24) is 0 Å². The van der Waals surface area contributed by atoms with Crippen molar-refractivity contribution in [2.24, 2.45) is 0 Å². The lowest BCUT2D eigenvalue weighted by Gasteiger charge is -2.18. The first-order valence-corrected chi connectivity index (χ1v) is 10.3. The van der Waals surface area contributed by atoms with Crippen LogP contribution in [-0.2, 0) is 24.1 Å². The minimum atomic E-state index is 0.629. The van der Waals surface area contributed by atoms with Gasteiger partial charge in [0.1, 0.15) is 6.29 Å². The summed E-state index contributed by atoms with van der Waals surface area (Å²) >= 11 is 0. The maximum atomic E-state index is 9.98. The van der Waals surface area contributed by atoms with Gasteiger partial charge >= 0.3 is 0 Å². The Hall–Kier alpha value is -2.93. The van der Waals surface area contributed by atoms with Gasteiger partial charge in [-0.3, -0.25) is 0 Å². The molecule has 28 heavy (non-hydrogen) atoms. The average Bonchev–Trinajstić information content (AvgIpc) is 2.78. The zero-order chi connectivity index (χ0) is 19.2. The third-order valence-corrected chi connectivity index (χ3v) is 5.65. The minimum absolute atomic E-state index is 0.629. The first-order chi connectivity index (χ1) is 13.9. The molecule has 0 saturated heterocycles. The van der Waals surface area contributed by atoms with Gasteiger partial charge in [0.2, 0.25) is 0 Å². The standard InChI is InChI=1S/C18H16.C9H10O/c1-3-7-15-13(5-1)9-11-18-16-8-4-2-6-14(16)10-12-17(15)18;10-8-4-7-9-5-2-1-3-6-9/h1,3,5,7,9-12H,2,4,6,8H2;1-3,5-6,8H,4,7H2. The fourth-order valence-corrected chi connectivity index (χ4v) is 4.21. The fraction of sp³-hybridized carbons (Fsp3) is 0.222. The molecule has 140 valence electrons. The molecule has 5 rings (SSSR count). The smallest absolute Gasteiger partial charge is 0.120 e. The number of rotatable bonds is 3. The number of aryl methyl sites for hydroxylation is 3. The molecule has 0 saturated carbocycles. The maximum Gasteiger partial charge on any atom is 0.120 e. The predicted molar refractivity (Wildman–Crippen MR) is 119 cm³/mol. The predicted octanol–water partition coefficient (Wildman–Crippen LogP) is 6.69. The van der Waals surface area contributed by atoms with Gasteiger partial charge in [0.25, 0.3) is 0 Å². The third kappa shape index (κ3) is 3.99. The van der Waals surface area contributed by atoms with Gasteiger partial charge in [-0.1, -0.05) is 78.9 Å². The molecule has 0 fully saturated rings. The van der Waals surface area contributed by atoms with E-state index in [2.05, 4.69) is 48.5 Å². The zero-order valence-corrected chi connectivity index (χ0v) is 16.2. The molecular weight excluding hydrogens is 340 g/mol. The molecule has 0 spiro atoms. The van der Waals surface area contributed by atoms with Crippen LogP contribution in [0, 0.1) is 0 Å². The first-order valence-electron chi connectivity index (χ1n) is 10.3. The number of hydrogen-bond acceptors (Lipinski definition) is 1. The van der Waals surface area contributed by atoms with Crippen molar-refractivity contribution < 1.29 is 4.79 Å². The average molecular weight is 367 g/mol. The van der Waals surface area contributed by atoms with Crippen molar-refractivity contribution in [3.63, 3.8) is 0 Å². The molecule has 0 radical (unpaired) electrons. The Labute approximate surface area is 167 Å². The van der Waals surface area contributed by atoms with E-state index in [1.165, 1.54) is 52.8 Å². The molecule has 0 aliphatic heterocycles. The van der Waals surface area contributed by atoms with Gasteiger partial charge in [-0.15, -0.1) is 0 Å². The van der Waals surface area contributed by atoms with Gasteiger partial charge in [0, 0.05) is 6.42 Å². The number of hydrogen-bond donors (Lipinski definition) is 0. The van der Waals surface area contributed by atoms with Gasteiger partial charge in [0.15, 0.2) is 0 Å². The first kappa shape index (κ1) is 18.4. The summed E-state index contributed by atoms with van der Waals surface area (Å²) in [5, 5.41) is 5.64. The van der Waals surface area contributed by atoms with E-state index in [0.717, 1.165) is 12.7 Å². The summed E-state index contributed by atoms with van der Waals surface area (Å²) in [7, 11) is 0. The van der Waals surface area contributed by atoms with Crippen LogP contribution in [-0.4, -0.2) is 6.29 Å². The van der Waals surface area contributed by atoms with Crippen LogP contribution < -0.4 is 0 Å². The van der Waals surface area contributed by atoms with Crippen molar-refractivity contribution in [2.75, 3.05) is 0 Å². The molecule has 1 heteroatoms. The number of fused-ring (bicyclic) bond motifs is 5. The Morgan fingerprint density at radius 3 is 2.29 bits per heavy atom. The lowest BCUT2D eigenvalue weighted by Crippen LogP contribution is -2.02. The second-order valence-electron chi connectivity index (χ2n) is 7.48. The highest BCUT2D eigenvalue weighted by Gasteiger charge is 2.13. The molecule has 4 aromatic rings. The summed E-state index contributed by atoms with van der Waals surface area (Å²) in [5.41, 5.74) is 4.41. The van der Waals surface area contributed by atoms with E-state index >= 15 is 0 Å². The van der Waals surface area contributed by atoms with E-state index in [0.29, 0.717) is 6.42 Å². The van der Waals surface area contributed by atoms with Gasteiger partial charge in [-0.05, 0) is 70.3 Å². The van der Waals surface area contributed by atoms with Crippen LogP contribution in [0.5, 0.6) is 0 Å². The van der Waals surface area contributed by atoms with Crippen LogP contribution in [0.2, 0.25) is 0 Å². The number of carbonyl (C=O) groups excluding carboxylic acids is 1. The largest absolute Gasteiger partial charge is 0.303 e. The van der Waals surface area contributed by atoms with Gasteiger partial charge in [-0.25, -0.2) is 0 Å². The number of carbonyl (C=O) groups is 1. The molecule has 0 aromatic heterocycles. The van der Waals surface area contributed by atoms with Gasteiger partial charge in [0.05, 0.1) is 0 Å². The lowest BCUT2D eigenvalue weighted by molar-refractivity contribution is -0.107. The van der Waals surface area contributed by atoms with Crippen molar-refractivity contribution in [3.8, 4) is 0 Å². The van der Waals surface area contributed by atoms with Gasteiger partial charge < -0.3 is 4.79 Å². The normalized spacial score (nSPS) is 12.9. The molecule has 0 unspecified atom stereocenters.